The van der Waals surface area contributed by atoms with Crippen LogP contribution in [0.4, 0.5) is 0 Å². The number of hydrogen-bond donors (Lipinski definition) is 0. The average molecular weight is 513 g/mol. The lowest BCUT2D eigenvalue weighted by atomic mass is 9.85. The van der Waals surface area contributed by atoms with Crippen molar-refractivity contribution in [1.29, 1.82) is 0 Å². The fourth-order valence-electron chi connectivity index (χ4n) is 6.00. The number of pyridine rings is 2. The smallest absolute Gasteiger partial charge is 0.0303 e. The number of benzene rings is 5. The van der Waals surface area contributed by atoms with Crippen LogP contribution >= 0.6 is 0 Å². The zero-order valence-corrected chi connectivity index (χ0v) is 22.6. The van der Waals surface area contributed by atoms with Gasteiger partial charge in [0.1, 0.15) is 0 Å². The van der Waals surface area contributed by atoms with Crippen LogP contribution in [0.25, 0.3) is 66.1 Å². The molecular weight excluding hydrogens is 484 g/mol. The number of nitrogens with zero attached hydrogens (tertiary/aromatic N) is 2. The van der Waals surface area contributed by atoms with Crippen LogP contribution < -0.4 is 0 Å². The van der Waals surface area contributed by atoms with Gasteiger partial charge in [-0.25, -0.2) is 0 Å². The van der Waals surface area contributed by atoms with Crippen molar-refractivity contribution in [2.75, 3.05) is 0 Å². The second kappa shape index (κ2) is 9.91. The summed E-state index contributed by atoms with van der Waals surface area (Å²) in [5.41, 5.74) is 12.2. The molecule has 0 unspecified atom stereocenters. The van der Waals surface area contributed by atoms with Gasteiger partial charge in [-0.1, -0.05) is 91.0 Å². The van der Waals surface area contributed by atoms with Crippen molar-refractivity contribution in [2.45, 2.75) is 13.8 Å². The van der Waals surface area contributed by atoms with Crippen LogP contribution in [0.2, 0.25) is 0 Å². The zero-order valence-electron chi connectivity index (χ0n) is 22.6. The molecule has 0 N–H and O–H groups in total. The summed E-state index contributed by atoms with van der Waals surface area (Å²) < 4.78 is 0. The maximum Gasteiger partial charge on any atom is 0.0303 e. The standard InChI is InChI=1S/C38H28N2/c1-25-23-39-20-18-31(25)27-14-16-28(17-15-27)37-33-10-3-5-12-35(33)38(36-13-6-4-11-34(36)37)30-9-7-8-29(22-30)32-19-21-40-24-26(32)2/h3-24H,1-2H3. The Morgan fingerprint density at radius 3 is 1.38 bits per heavy atom. The molecule has 0 radical (unpaired) electrons. The van der Waals surface area contributed by atoms with Crippen LogP contribution in [0.5, 0.6) is 0 Å². The van der Waals surface area contributed by atoms with Crippen LogP contribution in [-0.4, -0.2) is 9.97 Å². The summed E-state index contributed by atoms with van der Waals surface area (Å²) in [5.74, 6) is 0. The molecule has 0 aliphatic heterocycles. The molecule has 0 saturated heterocycles. The number of rotatable bonds is 4. The third kappa shape index (κ3) is 4.06. The molecule has 2 heterocycles. The molecule has 2 nitrogen and oxygen atoms in total. The molecule has 2 aromatic heterocycles. The Bertz CT molecular complexity index is 1960. The van der Waals surface area contributed by atoms with Crippen molar-refractivity contribution >= 4 is 21.5 Å². The van der Waals surface area contributed by atoms with Gasteiger partial charge in [0.2, 0.25) is 0 Å². The molecule has 0 aliphatic carbocycles. The van der Waals surface area contributed by atoms with Gasteiger partial charge < -0.3 is 0 Å². The van der Waals surface area contributed by atoms with Crippen LogP contribution in [0, 0.1) is 13.8 Å². The van der Waals surface area contributed by atoms with E-state index in [9.17, 15) is 0 Å². The Hall–Kier alpha value is -5.08. The highest BCUT2D eigenvalue weighted by atomic mass is 14.6. The lowest BCUT2D eigenvalue weighted by Gasteiger charge is -2.18. The normalized spacial score (nSPS) is 11.2. The highest BCUT2D eigenvalue weighted by molar-refractivity contribution is 6.21. The Kier molecular flexibility index (Phi) is 5.94. The van der Waals surface area contributed by atoms with E-state index in [1.807, 2.05) is 24.8 Å². The SMILES string of the molecule is Cc1cnccc1-c1ccc(-c2c3ccccc3c(-c3cccc(-c4ccncc4C)c3)c3ccccc23)cc1. The van der Waals surface area contributed by atoms with Gasteiger partial charge in [-0.2, -0.15) is 0 Å². The van der Waals surface area contributed by atoms with E-state index in [4.69, 9.17) is 0 Å². The number of hydrogen-bond acceptors (Lipinski definition) is 2. The maximum absolute atomic E-state index is 4.30. The van der Waals surface area contributed by atoms with Crippen molar-refractivity contribution in [2.24, 2.45) is 0 Å². The van der Waals surface area contributed by atoms with E-state index >= 15 is 0 Å². The Morgan fingerprint density at radius 1 is 0.400 bits per heavy atom. The van der Waals surface area contributed by atoms with Crippen molar-refractivity contribution in [3.8, 4) is 44.5 Å². The Balaban J connectivity index is 1.46. The van der Waals surface area contributed by atoms with Crippen molar-refractivity contribution < 1.29 is 0 Å². The van der Waals surface area contributed by atoms with Gasteiger partial charge in [0.05, 0.1) is 0 Å². The molecule has 0 atom stereocenters. The van der Waals surface area contributed by atoms with Crippen LogP contribution in [0.1, 0.15) is 11.1 Å². The first-order chi connectivity index (χ1) is 19.7. The van der Waals surface area contributed by atoms with Gasteiger partial charge in [0, 0.05) is 24.8 Å². The minimum Gasteiger partial charge on any atom is -0.264 e. The minimum atomic E-state index is 1.18. The van der Waals surface area contributed by atoms with Crippen LogP contribution in [0.15, 0.2) is 134 Å². The first kappa shape index (κ1) is 24.0. The van der Waals surface area contributed by atoms with E-state index in [0.29, 0.717) is 0 Å². The molecule has 0 spiro atoms. The monoisotopic (exact) mass is 512 g/mol. The number of aromatic nitrogens is 2. The van der Waals surface area contributed by atoms with E-state index in [-0.39, 0.29) is 0 Å². The topological polar surface area (TPSA) is 25.8 Å². The number of aryl methyl sites for hydroxylation is 2. The average Bonchev–Trinajstić information content (AvgIpc) is 3.00. The minimum absolute atomic E-state index is 1.18. The molecule has 7 rings (SSSR count). The lowest BCUT2D eigenvalue weighted by Crippen LogP contribution is -1.92. The fraction of sp³-hybridized carbons (Fsp3) is 0.0526. The van der Waals surface area contributed by atoms with E-state index in [1.54, 1.807) is 0 Å². The molecular formula is C38H28N2. The molecule has 0 aliphatic rings. The summed E-state index contributed by atoms with van der Waals surface area (Å²) in [5, 5.41) is 5.03. The Morgan fingerprint density at radius 2 is 0.850 bits per heavy atom. The Labute approximate surface area is 234 Å². The van der Waals surface area contributed by atoms with Gasteiger partial charge >= 0.3 is 0 Å². The van der Waals surface area contributed by atoms with Gasteiger partial charge in [-0.05, 0) is 109 Å². The summed E-state index contributed by atoms with van der Waals surface area (Å²) in [6.45, 7) is 4.23. The molecule has 5 aromatic carbocycles. The van der Waals surface area contributed by atoms with Crippen molar-refractivity contribution in [3.05, 3.63) is 145 Å². The summed E-state index contributed by atoms with van der Waals surface area (Å²) >= 11 is 0. The molecule has 0 bridgehead atoms. The fourth-order valence-corrected chi connectivity index (χ4v) is 6.00. The number of fused-ring (bicyclic) bond motifs is 2. The maximum atomic E-state index is 4.30. The van der Waals surface area contributed by atoms with E-state index in [2.05, 4.69) is 133 Å². The molecule has 0 fully saturated rings. The zero-order chi connectivity index (χ0) is 27.1. The molecule has 40 heavy (non-hydrogen) atoms. The quantitative estimate of drug-likeness (QED) is 0.219. The van der Waals surface area contributed by atoms with Gasteiger partial charge in [0.25, 0.3) is 0 Å². The van der Waals surface area contributed by atoms with E-state index in [0.717, 1.165) is 0 Å². The summed E-state index contributed by atoms with van der Waals surface area (Å²) in [6, 6.07) is 39.7. The van der Waals surface area contributed by atoms with E-state index in [1.165, 1.54) is 77.2 Å². The molecule has 7 aromatic rings. The molecule has 2 heteroatoms. The summed E-state index contributed by atoms with van der Waals surface area (Å²) in [6.07, 6.45) is 7.59. The van der Waals surface area contributed by atoms with Gasteiger partial charge in [0.15, 0.2) is 0 Å². The largest absolute Gasteiger partial charge is 0.264 e. The van der Waals surface area contributed by atoms with E-state index < -0.39 is 0 Å². The van der Waals surface area contributed by atoms with Gasteiger partial charge in [-0.3, -0.25) is 9.97 Å². The molecule has 0 amide bonds. The van der Waals surface area contributed by atoms with Crippen molar-refractivity contribution in [1.82, 2.24) is 9.97 Å². The third-order valence-electron chi connectivity index (χ3n) is 7.92. The third-order valence-corrected chi connectivity index (χ3v) is 7.92. The van der Waals surface area contributed by atoms with Crippen LogP contribution in [0.3, 0.4) is 0 Å². The highest BCUT2D eigenvalue weighted by Crippen LogP contribution is 2.44. The molecule has 0 saturated carbocycles. The first-order valence-electron chi connectivity index (χ1n) is 13.7. The van der Waals surface area contributed by atoms with Crippen LogP contribution in [-0.2, 0) is 0 Å². The predicted octanol–water partition coefficient (Wildman–Crippen LogP) is 10.1. The molecule has 190 valence electrons. The first-order valence-corrected chi connectivity index (χ1v) is 13.7. The lowest BCUT2D eigenvalue weighted by molar-refractivity contribution is 1.27. The summed E-state index contributed by atoms with van der Waals surface area (Å²) in [7, 11) is 0. The van der Waals surface area contributed by atoms with Gasteiger partial charge in [-0.15, -0.1) is 0 Å². The van der Waals surface area contributed by atoms with Crippen molar-refractivity contribution in [3.63, 3.8) is 0 Å². The predicted molar refractivity (Wildman–Crippen MR) is 168 cm³/mol. The summed E-state index contributed by atoms with van der Waals surface area (Å²) in [4.78, 5) is 8.56. The highest BCUT2D eigenvalue weighted by Gasteiger charge is 2.17. The second-order valence-electron chi connectivity index (χ2n) is 10.4. The second-order valence-corrected chi connectivity index (χ2v) is 10.4.